The van der Waals surface area contributed by atoms with Crippen LogP contribution in [0.1, 0.15) is 34.5 Å². The van der Waals surface area contributed by atoms with Gasteiger partial charge in [-0.05, 0) is 30.7 Å². The Morgan fingerprint density at radius 1 is 1.30 bits per heavy atom. The highest BCUT2D eigenvalue weighted by atomic mass is 19.1. The average molecular weight is 405 g/mol. The first kappa shape index (κ1) is 19.6. The lowest BCUT2D eigenvalue weighted by atomic mass is 10.0. The predicted octanol–water partition coefficient (Wildman–Crippen LogP) is 3.10. The zero-order valence-electron chi connectivity index (χ0n) is 16.4. The third-order valence-corrected chi connectivity index (χ3v) is 5.26. The third kappa shape index (κ3) is 3.74. The van der Waals surface area contributed by atoms with E-state index in [0.717, 1.165) is 5.56 Å². The van der Waals surface area contributed by atoms with Crippen molar-refractivity contribution < 1.29 is 13.9 Å². The lowest BCUT2D eigenvalue weighted by Gasteiger charge is -2.34. The van der Waals surface area contributed by atoms with Gasteiger partial charge in [-0.15, -0.1) is 0 Å². The molecule has 0 bridgehead atoms. The van der Waals surface area contributed by atoms with Gasteiger partial charge in [0.1, 0.15) is 29.4 Å². The number of nitriles is 1. The molecule has 3 aromatic rings. The second-order valence-electron chi connectivity index (χ2n) is 7.30. The number of fused-ring (bicyclic) bond motifs is 1. The van der Waals surface area contributed by atoms with E-state index < -0.39 is 5.91 Å². The second kappa shape index (κ2) is 7.95. The summed E-state index contributed by atoms with van der Waals surface area (Å²) < 4.78 is 20.1. The SMILES string of the molecule is Cc1cc(F)cc2c(N3CCC(Oc4ccnc(C(N)=O)c4)CC3)c(C#N)cnc12. The van der Waals surface area contributed by atoms with E-state index in [4.69, 9.17) is 10.5 Å². The first-order valence-electron chi connectivity index (χ1n) is 9.62. The third-order valence-electron chi connectivity index (χ3n) is 5.26. The molecule has 8 heteroatoms. The zero-order chi connectivity index (χ0) is 21.3. The minimum Gasteiger partial charge on any atom is -0.490 e. The maximum absolute atomic E-state index is 14.1. The molecule has 0 aliphatic carbocycles. The molecule has 0 saturated carbocycles. The Labute approximate surface area is 172 Å². The van der Waals surface area contributed by atoms with Crippen LogP contribution in [-0.4, -0.2) is 35.1 Å². The van der Waals surface area contributed by atoms with Crippen molar-refractivity contribution in [1.29, 1.82) is 5.26 Å². The quantitative estimate of drug-likeness (QED) is 0.715. The minimum atomic E-state index is -0.605. The molecule has 2 aromatic heterocycles. The molecule has 1 aliphatic heterocycles. The molecular formula is C22H20FN5O2. The molecule has 1 aromatic carbocycles. The van der Waals surface area contributed by atoms with Crippen molar-refractivity contribution in [3.8, 4) is 11.8 Å². The number of nitrogens with zero attached hydrogens (tertiary/aromatic N) is 4. The molecule has 0 radical (unpaired) electrons. The lowest BCUT2D eigenvalue weighted by molar-refractivity contribution is 0.0994. The molecule has 0 spiro atoms. The first-order valence-corrected chi connectivity index (χ1v) is 9.62. The number of carbonyl (C=O) groups excluding carboxylic acids is 1. The molecule has 152 valence electrons. The van der Waals surface area contributed by atoms with Gasteiger partial charge in [-0.25, -0.2) is 4.39 Å². The number of rotatable bonds is 4. The van der Waals surface area contributed by atoms with Gasteiger partial charge >= 0.3 is 0 Å². The van der Waals surface area contributed by atoms with Gasteiger partial charge in [-0.3, -0.25) is 14.8 Å². The molecule has 1 fully saturated rings. The van der Waals surface area contributed by atoms with Gasteiger partial charge in [0, 0.05) is 49.8 Å². The molecule has 1 amide bonds. The number of aryl methyl sites for hydroxylation is 1. The first-order chi connectivity index (χ1) is 14.5. The predicted molar refractivity (Wildman–Crippen MR) is 110 cm³/mol. The fraction of sp³-hybridized carbons (Fsp3) is 0.273. The van der Waals surface area contributed by atoms with E-state index in [1.54, 1.807) is 12.3 Å². The molecule has 7 nitrogen and oxygen atoms in total. The fourth-order valence-electron chi connectivity index (χ4n) is 3.85. The van der Waals surface area contributed by atoms with Crippen LogP contribution in [0.15, 0.2) is 36.7 Å². The van der Waals surface area contributed by atoms with Crippen LogP contribution in [0.4, 0.5) is 10.1 Å². The van der Waals surface area contributed by atoms with Crippen LogP contribution in [0.25, 0.3) is 10.9 Å². The molecule has 4 rings (SSSR count). The van der Waals surface area contributed by atoms with E-state index in [-0.39, 0.29) is 17.6 Å². The maximum atomic E-state index is 14.1. The Balaban J connectivity index is 1.56. The summed E-state index contributed by atoms with van der Waals surface area (Å²) in [5, 5.41) is 10.2. The zero-order valence-corrected chi connectivity index (χ0v) is 16.4. The number of piperidine rings is 1. The number of anilines is 1. The number of pyridine rings is 2. The summed E-state index contributed by atoms with van der Waals surface area (Å²) in [5.41, 5.74) is 7.99. The summed E-state index contributed by atoms with van der Waals surface area (Å²) in [6, 6.07) is 8.29. The van der Waals surface area contributed by atoms with E-state index >= 15 is 0 Å². The summed E-state index contributed by atoms with van der Waals surface area (Å²) in [6.45, 7) is 3.09. The van der Waals surface area contributed by atoms with Crippen molar-refractivity contribution in [3.63, 3.8) is 0 Å². The van der Waals surface area contributed by atoms with Crippen LogP contribution in [0, 0.1) is 24.1 Å². The van der Waals surface area contributed by atoms with Crippen LogP contribution >= 0.6 is 0 Å². The van der Waals surface area contributed by atoms with Gasteiger partial charge in [0.05, 0.1) is 16.8 Å². The van der Waals surface area contributed by atoms with E-state index in [1.807, 2.05) is 6.92 Å². The number of benzene rings is 1. The number of nitrogens with two attached hydrogens (primary N) is 1. The van der Waals surface area contributed by atoms with Crippen LogP contribution < -0.4 is 15.4 Å². The lowest BCUT2D eigenvalue weighted by Crippen LogP contribution is -2.38. The Bertz CT molecular complexity index is 1170. The van der Waals surface area contributed by atoms with Crippen molar-refractivity contribution >= 4 is 22.5 Å². The van der Waals surface area contributed by atoms with E-state index in [1.165, 1.54) is 24.4 Å². The summed E-state index contributed by atoms with van der Waals surface area (Å²) in [6.07, 6.45) is 4.40. The van der Waals surface area contributed by atoms with E-state index in [0.29, 0.717) is 53.8 Å². The topological polar surface area (TPSA) is 105 Å². The average Bonchev–Trinajstić information content (AvgIpc) is 2.73. The van der Waals surface area contributed by atoms with Crippen molar-refractivity contribution in [2.45, 2.75) is 25.9 Å². The number of ether oxygens (including phenoxy) is 1. The van der Waals surface area contributed by atoms with Crippen LogP contribution in [0.3, 0.4) is 0 Å². The maximum Gasteiger partial charge on any atom is 0.267 e. The number of amides is 1. The number of hydrogen-bond acceptors (Lipinski definition) is 6. The van der Waals surface area contributed by atoms with Gasteiger partial charge < -0.3 is 15.4 Å². The summed E-state index contributed by atoms with van der Waals surface area (Å²) in [5.74, 6) is -0.410. The van der Waals surface area contributed by atoms with Gasteiger partial charge in [-0.2, -0.15) is 5.26 Å². The van der Waals surface area contributed by atoms with Crippen LogP contribution in [0.2, 0.25) is 0 Å². The monoisotopic (exact) mass is 405 g/mol. The highest BCUT2D eigenvalue weighted by Crippen LogP contribution is 2.34. The summed E-state index contributed by atoms with van der Waals surface area (Å²) in [7, 11) is 0. The van der Waals surface area contributed by atoms with Gasteiger partial charge in [0.15, 0.2) is 0 Å². The van der Waals surface area contributed by atoms with E-state index in [9.17, 15) is 14.4 Å². The van der Waals surface area contributed by atoms with Gasteiger partial charge in [0.2, 0.25) is 0 Å². The van der Waals surface area contributed by atoms with Crippen molar-refractivity contribution in [2.75, 3.05) is 18.0 Å². The molecule has 1 aliphatic rings. The number of hydrogen-bond donors (Lipinski definition) is 1. The highest BCUT2D eigenvalue weighted by molar-refractivity contribution is 5.96. The molecular weight excluding hydrogens is 385 g/mol. The molecule has 1 saturated heterocycles. The molecule has 30 heavy (non-hydrogen) atoms. The minimum absolute atomic E-state index is 0.0542. The van der Waals surface area contributed by atoms with Crippen molar-refractivity contribution in [1.82, 2.24) is 9.97 Å². The van der Waals surface area contributed by atoms with Crippen molar-refractivity contribution in [2.24, 2.45) is 5.73 Å². The number of aromatic nitrogens is 2. The van der Waals surface area contributed by atoms with E-state index in [2.05, 4.69) is 20.9 Å². The molecule has 2 N–H and O–H groups in total. The highest BCUT2D eigenvalue weighted by Gasteiger charge is 2.25. The number of primary amides is 1. The number of carbonyl (C=O) groups is 1. The summed E-state index contributed by atoms with van der Waals surface area (Å²) in [4.78, 5) is 21.7. The summed E-state index contributed by atoms with van der Waals surface area (Å²) >= 11 is 0. The van der Waals surface area contributed by atoms with Crippen LogP contribution in [-0.2, 0) is 0 Å². The van der Waals surface area contributed by atoms with Gasteiger partial charge in [0.25, 0.3) is 5.91 Å². The standard InChI is InChI=1S/C22H20FN5O2/c1-13-8-15(23)9-18-20(13)27-12-14(11-24)21(18)28-6-3-16(4-7-28)30-17-2-5-26-19(10-17)22(25)29/h2,5,8-10,12,16H,3-4,6-7H2,1H3,(H2,25,29). The van der Waals surface area contributed by atoms with Crippen molar-refractivity contribution in [3.05, 3.63) is 59.3 Å². The Morgan fingerprint density at radius 2 is 2.07 bits per heavy atom. The normalized spacial score (nSPS) is 14.5. The molecule has 3 heterocycles. The molecule has 0 atom stereocenters. The molecule has 0 unspecified atom stereocenters. The largest absolute Gasteiger partial charge is 0.490 e. The fourth-order valence-corrected chi connectivity index (χ4v) is 3.85. The Hall–Kier alpha value is -3.73. The second-order valence-corrected chi connectivity index (χ2v) is 7.30. The number of halogens is 1. The van der Waals surface area contributed by atoms with Crippen LogP contribution in [0.5, 0.6) is 5.75 Å². The Morgan fingerprint density at radius 3 is 2.77 bits per heavy atom. The van der Waals surface area contributed by atoms with Gasteiger partial charge in [-0.1, -0.05) is 0 Å². The smallest absolute Gasteiger partial charge is 0.267 e. The Kier molecular flexibility index (Phi) is 5.19.